The lowest BCUT2D eigenvalue weighted by molar-refractivity contribution is -0.385. The van der Waals surface area contributed by atoms with E-state index in [-0.39, 0.29) is 22.1 Å². The molecule has 0 N–H and O–H groups in total. The zero-order valence-corrected chi connectivity index (χ0v) is 13.2. The number of alkyl halides is 2. The van der Waals surface area contributed by atoms with Gasteiger partial charge < -0.3 is 4.18 Å². The van der Waals surface area contributed by atoms with E-state index in [2.05, 4.69) is 31.9 Å². The number of benzene rings is 1. The Morgan fingerprint density at radius 3 is 2.22 bits per heavy atom. The second kappa shape index (κ2) is 5.98. The van der Waals surface area contributed by atoms with Crippen molar-refractivity contribution in [1.29, 1.82) is 0 Å². The Labute approximate surface area is 121 Å². The van der Waals surface area contributed by atoms with Gasteiger partial charge in [-0.3, -0.25) is 10.1 Å². The summed E-state index contributed by atoms with van der Waals surface area (Å²) in [6.45, 7) is 0. The Hall–Kier alpha value is -0.670. The molecule has 0 amide bonds. The van der Waals surface area contributed by atoms with Gasteiger partial charge in [-0.15, -0.1) is 0 Å². The molecular formula is C9H9Br2NO5S. The van der Waals surface area contributed by atoms with Crippen molar-refractivity contribution in [2.24, 2.45) is 0 Å². The summed E-state index contributed by atoms with van der Waals surface area (Å²) in [4.78, 5) is 10.3. The molecule has 0 aliphatic heterocycles. The summed E-state index contributed by atoms with van der Waals surface area (Å²) in [7, 11) is -3.67. The van der Waals surface area contributed by atoms with Gasteiger partial charge in [0.05, 0.1) is 11.2 Å². The molecule has 0 aliphatic carbocycles. The summed E-state index contributed by atoms with van der Waals surface area (Å²) in [5, 5.41) is 11.3. The van der Waals surface area contributed by atoms with Gasteiger partial charge in [0.15, 0.2) is 0 Å². The van der Waals surface area contributed by atoms with Crippen molar-refractivity contribution in [3.05, 3.63) is 33.4 Å². The van der Waals surface area contributed by atoms with E-state index in [0.717, 1.165) is 6.26 Å². The molecule has 0 bridgehead atoms. The van der Waals surface area contributed by atoms with Crippen molar-refractivity contribution >= 4 is 47.7 Å². The highest BCUT2D eigenvalue weighted by Crippen LogP contribution is 2.34. The quantitative estimate of drug-likeness (QED) is 0.327. The number of nitro groups is 1. The fraction of sp³-hybridized carbons (Fsp3) is 0.333. The molecule has 0 fully saturated rings. The van der Waals surface area contributed by atoms with Crippen LogP contribution < -0.4 is 4.18 Å². The SMILES string of the molecule is CS(=O)(=O)Oc1ccc([N+](=O)[O-])c(CBr)c1CBr. The minimum absolute atomic E-state index is 0.0813. The van der Waals surface area contributed by atoms with Crippen LogP contribution in [0.1, 0.15) is 11.1 Å². The summed E-state index contributed by atoms with van der Waals surface area (Å²) < 4.78 is 27.0. The maximum atomic E-state index is 11.1. The molecular weight excluding hydrogens is 394 g/mol. The predicted molar refractivity (Wildman–Crippen MR) is 73.8 cm³/mol. The summed E-state index contributed by atoms with van der Waals surface area (Å²) >= 11 is 6.32. The molecule has 0 aliphatic rings. The summed E-state index contributed by atoms with van der Waals surface area (Å²) in [5.41, 5.74) is 0.742. The fourth-order valence-electron chi connectivity index (χ4n) is 1.37. The third-order valence-corrected chi connectivity index (χ3v) is 3.67. The average molecular weight is 403 g/mol. The molecule has 9 heteroatoms. The minimum atomic E-state index is -3.67. The van der Waals surface area contributed by atoms with Gasteiger partial charge in [0.2, 0.25) is 0 Å². The van der Waals surface area contributed by atoms with E-state index in [1.165, 1.54) is 12.1 Å². The lowest BCUT2D eigenvalue weighted by atomic mass is 10.1. The number of hydrogen-bond acceptors (Lipinski definition) is 5. The topological polar surface area (TPSA) is 86.5 Å². The monoisotopic (exact) mass is 401 g/mol. The minimum Gasteiger partial charge on any atom is -0.382 e. The van der Waals surface area contributed by atoms with Gasteiger partial charge in [0, 0.05) is 27.9 Å². The molecule has 0 heterocycles. The molecule has 6 nitrogen and oxygen atoms in total. The molecule has 0 saturated heterocycles. The van der Waals surface area contributed by atoms with Crippen LogP contribution in [-0.2, 0) is 20.8 Å². The van der Waals surface area contributed by atoms with Crippen molar-refractivity contribution in [1.82, 2.24) is 0 Å². The third-order valence-electron chi connectivity index (χ3n) is 2.07. The van der Waals surface area contributed by atoms with E-state index in [4.69, 9.17) is 4.18 Å². The van der Waals surface area contributed by atoms with Crippen molar-refractivity contribution in [3.8, 4) is 5.75 Å². The Morgan fingerprint density at radius 2 is 1.83 bits per heavy atom. The molecule has 0 saturated carbocycles. The highest BCUT2D eigenvalue weighted by Gasteiger charge is 2.21. The summed E-state index contributed by atoms with van der Waals surface area (Å²) in [6.07, 6.45) is 0.917. The van der Waals surface area contributed by atoms with Gasteiger partial charge in [0.1, 0.15) is 5.75 Å². The molecule has 1 aromatic carbocycles. The zero-order chi connectivity index (χ0) is 13.9. The molecule has 1 rings (SSSR count). The first-order valence-electron chi connectivity index (χ1n) is 4.60. The molecule has 0 aromatic heterocycles. The maximum absolute atomic E-state index is 11.1. The van der Waals surface area contributed by atoms with Crippen LogP contribution in [0.25, 0.3) is 0 Å². The van der Waals surface area contributed by atoms with Gasteiger partial charge in [0.25, 0.3) is 5.69 Å². The molecule has 0 radical (unpaired) electrons. The largest absolute Gasteiger partial charge is 0.382 e. The summed E-state index contributed by atoms with van der Waals surface area (Å²) in [5.74, 6) is 0.0921. The van der Waals surface area contributed by atoms with Crippen molar-refractivity contribution in [2.45, 2.75) is 10.7 Å². The number of rotatable bonds is 5. The lowest BCUT2D eigenvalue weighted by Crippen LogP contribution is -2.09. The van der Waals surface area contributed by atoms with E-state index in [9.17, 15) is 18.5 Å². The Balaban J connectivity index is 3.44. The van der Waals surface area contributed by atoms with Gasteiger partial charge >= 0.3 is 10.1 Å². The second-order valence-electron chi connectivity index (χ2n) is 3.35. The fourth-order valence-corrected chi connectivity index (χ4v) is 3.09. The van der Waals surface area contributed by atoms with E-state index in [1.807, 2.05) is 0 Å². The van der Waals surface area contributed by atoms with Crippen molar-refractivity contribution < 1.29 is 17.5 Å². The van der Waals surface area contributed by atoms with Crippen LogP contribution in [0.4, 0.5) is 5.69 Å². The van der Waals surface area contributed by atoms with Crippen molar-refractivity contribution in [3.63, 3.8) is 0 Å². The summed E-state index contributed by atoms with van der Waals surface area (Å²) in [6, 6.07) is 2.51. The average Bonchev–Trinajstić information content (AvgIpc) is 2.25. The van der Waals surface area contributed by atoms with Crippen LogP contribution in [0.2, 0.25) is 0 Å². The molecule has 0 unspecified atom stereocenters. The highest BCUT2D eigenvalue weighted by molar-refractivity contribution is 9.09. The van der Waals surface area contributed by atoms with Gasteiger partial charge in [-0.1, -0.05) is 31.9 Å². The van der Waals surface area contributed by atoms with Gasteiger partial charge in [-0.2, -0.15) is 8.42 Å². The van der Waals surface area contributed by atoms with Crippen LogP contribution in [0.5, 0.6) is 5.75 Å². The van der Waals surface area contributed by atoms with E-state index >= 15 is 0 Å². The molecule has 18 heavy (non-hydrogen) atoms. The second-order valence-corrected chi connectivity index (χ2v) is 6.05. The van der Waals surface area contributed by atoms with Crippen molar-refractivity contribution in [2.75, 3.05) is 6.26 Å². The normalized spacial score (nSPS) is 11.3. The molecule has 0 spiro atoms. The zero-order valence-electron chi connectivity index (χ0n) is 9.22. The third kappa shape index (κ3) is 3.66. The molecule has 1 aromatic rings. The van der Waals surface area contributed by atoms with Crippen LogP contribution in [0, 0.1) is 10.1 Å². The van der Waals surface area contributed by atoms with E-state index in [0.29, 0.717) is 11.1 Å². The Morgan fingerprint density at radius 1 is 1.28 bits per heavy atom. The van der Waals surface area contributed by atoms with Crippen LogP contribution in [0.3, 0.4) is 0 Å². The number of nitro benzene ring substituents is 1. The van der Waals surface area contributed by atoms with Gasteiger partial charge in [-0.25, -0.2) is 0 Å². The van der Waals surface area contributed by atoms with E-state index < -0.39 is 15.0 Å². The lowest BCUT2D eigenvalue weighted by Gasteiger charge is -2.11. The first-order chi connectivity index (χ1) is 8.30. The highest BCUT2D eigenvalue weighted by atomic mass is 79.9. The smallest absolute Gasteiger partial charge is 0.306 e. The standard InChI is InChI=1S/C9H9Br2NO5S/c1-18(15,16)17-9-3-2-8(12(13)14)6(4-10)7(9)5-11/h2-3H,4-5H2,1H3. The first-order valence-corrected chi connectivity index (χ1v) is 8.66. The van der Waals surface area contributed by atoms with Gasteiger partial charge in [-0.05, 0) is 6.07 Å². The molecule has 0 atom stereocenters. The Kier molecular flexibility index (Phi) is 5.11. The number of hydrogen-bond donors (Lipinski definition) is 0. The predicted octanol–water partition coefficient (Wildman–Crippen LogP) is 2.72. The number of nitrogens with zero attached hydrogens (tertiary/aromatic N) is 1. The van der Waals surface area contributed by atoms with E-state index in [1.54, 1.807) is 0 Å². The molecule has 100 valence electrons. The van der Waals surface area contributed by atoms with Crippen LogP contribution in [-0.4, -0.2) is 19.6 Å². The maximum Gasteiger partial charge on any atom is 0.306 e. The first kappa shape index (κ1) is 15.4. The Bertz CT molecular complexity index is 573. The van der Waals surface area contributed by atoms with Crippen LogP contribution in [0.15, 0.2) is 12.1 Å². The van der Waals surface area contributed by atoms with Crippen LogP contribution >= 0.6 is 31.9 Å². The number of halogens is 2.